The van der Waals surface area contributed by atoms with Gasteiger partial charge in [-0.2, -0.15) is 0 Å². The van der Waals surface area contributed by atoms with Gasteiger partial charge in [0.25, 0.3) is 0 Å². The molecule has 7 aromatic rings. The summed E-state index contributed by atoms with van der Waals surface area (Å²) in [5.41, 5.74) is 14.0. The maximum Gasteiger partial charge on any atom is 0.197 e. The Morgan fingerprint density at radius 2 is 0.614 bits per heavy atom. The van der Waals surface area contributed by atoms with Gasteiger partial charge in [0.15, 0.2) is 10.9 Å². The predicted octanol–water partition coefficient (Wildman–Crippen LogP) is 9.07. The van der Waals surface area contributed by atoms with Crippen LogP contribution in [-0.2, 0) is 0 Å². The standard InChI is InChI=1S/C40H36N2O2/c1-21-9-22(2)12-29(11-21)41-35-17-27(7)25(5)15-31(35)39(43)33-20-38-34(19-37(33)41)40(44)32-16-26(6)28(8)18-36(32)42(38)30-13-23(3)10-24(4)14-30/h9-20H,1-8H3. The first kappa shape index (κ1) is 27.8. The number of aromatic nitrogens is 2. The first-order valence-corrected chi connectivity index (χ1v) is 15.2. The molecule has 0 radical (unpaired) electrons. The Bertz CT molecular complexity index is 2290. The molecule has 0 aliphatic carbocycles. The Morgan fingerprint density at radius 3 is 0.955 bits per heavy atom. The van der Waals surface area contributed by atoms with Crippen molar-refractivity contribution >= 4 is 43.6 Å². The molecular weight excluding hydrogens is 540 g/mol. The minimum atomic E-state index is -0.0276. The van der Waals surface area contributed by atoms with E-state index >= 15 is 0 Å². The summed E-state index contributed by atoms with van der Waals surface area (Å²) < 4.78 is 4.34. The second kappa shape index (κ2) is 9.78. The van der Waals surface area contributed by atoms with Crippen LogP contribution in [0.1, 0.15) is 44.5 Å². The summed E-state index contributed by atoms with van der Waals surface area (Å²) in [5.74, 6) is 0. The number of hydrogen-bond donors (Lipinski definition) is 0. The van der Waals surface area contributed by atoms with Crippen LogP contribution in [0.25, 0.3) is 55.0 Å². The normalized spacial score (nSPS) is 11.8. The van der Waals surface area contributed by atoms with Crippen LogP contribution in [0.4, 0.5) is 0 Å². The van der Waals surface area contributed by atoms with E-state index in [-0.39, 0.29) is 10.9 Å². The Hall–Kier alpha value is -4.96. The van der Waals surface area contributed by atoms with Gasteiger partial charge in [-0.1, -0.05) is 12.1 Å². The summed E-state index contributed by atoms with van der Waals surface area (Å²) >= 11 is 0. The number of benzene rings is 5. The number of nitrogens with zero attached hydrogens (tertiary/aromatic N) is 2. The van der Waals surface area contributed by atoms with Crippen LogP contribution in [0.15, 0.2) is 82.4 Å². The number of hydrogen-bond acceptors (Lipinski definition) is 2. The second-order valence-electron chi connectivity index (χ2n) is 12.8. The van der Waals surface area contributed by atoms with E-state index in [9.17, 15) is 9.59 Å². The maximum absolute atomic E-state index is 14.4. The van der Waals surface area contributed by atoms with Gasteiger partial charge in [0.2, 0.25) is 0 Å². The molecule has 0 bridgehead atoms. The zero-order valence-corrected chi connectivity index (χ0v) is 26.6. The van der Waals surface area contributed by atoms with Gasteiger partial charge in [-0.3, -0.25) is 9.59 Å². The lowest BCUT2D eigenvalue weighted by atomic mass is 9.99. The molecule has 0 N–H and O–H groups in total. The lowest BCUT2D eigenvalue weighted by molar-refractivity contribution is 1.13. The van der Waals surface area contributed by atoms with Crippen LogP contribution >= 0.6 is 0 Å². The SMILES string of the molecule is Cc1cc(C)cc(-n2c3cc(C)c(C)cc3c(=O)c3cc4c(cc32)c(=O)c2cc(C)c(C)cc2n4-c2cc(C)cc(C)c2)c1. The third-order valence-electron chi connectivity index (χ3n) is 9.21. The van der Waals surface area contributed by atoms with E-state index in [1.54, 1.807) is 0 Å². The molecule has 0 saturated heterocycles. The maximum atomic E-state index is 14.4. The fraction of sp³-hybridized carbons (Fsp3) is 0.200. The van der Waals surface area contributed by atoms with Gasteiger partial charge < -0.3 is 9.13 Å². The second-order valence-corrected chi connectivity index (χ2v) is 12.8. The van der Waals surface area contributed by atoms with Crippen molar-refractivity contribution in [1.82, 2.24) is 9.13 Å². The van der Waals surface area contributed by atoms with Gasteiger partial charge in [-0.05, 0) is 161 Å². The van der Waals surface area contributed by atoms with Crippen LogP contribution in [0.5, 0.6) is 0 Å². The predicted molar refractivity (Wildman–Crippen MR) is 186 cm³/mol. The summed E-state index contributed by atoms with van der Waals surface area (Å²) in [7, 11) is 0. The third kappa shape index (κ3) is 4.20. The van der Waals surface area contributed by atoms with Crippen LogP contribution in [0.2, 0.25) is 0 Å². The number of rotatable bonds is 2. The van der Waals surface area contributed by atoms with Gasteiger partial charge in [0.05, 0.1) is 22.1 Å². The molecule has 0 aliphatic rings. The summed E-state index contributed by atoms with van der Waals surface area (Å²) in [6.07, 6.45) is 0. The number of aryl methyl sites for hydroxylation is 8. The highest BCUT2D eigenvalue weighted by atomic mass is 16.1. The average molecular weight is 577 g/mol. The molecule has 4 nitrogen and oxygen atoms in total. The first-order chi connectivity index (χ1) is 20.9. The van der Waals surface area contributed by atoms with E-state index in [1.165, 1.54) is 0 Å². The van der Waals surface area contributed by atoms with Crippen LogP contribution in [0, 0.1) is 55.4 Å². The number of fused-ring (bicyclic) bond motifs is 4. The highest BCUT2D eigenvalue weighted by Crippen LogP contribution is 2.33. The smallest absolute Gasteiger partial charge is 0.197 e. The molecule has 0 fully saturated rings. The van der Waals surface area contributed by atoms with E-state index in [0.717, 1.165) is 77.9 Å². The molecule has 0 atom stereocenters. The minimum absolute atomic E-state index is 0.0276. The summed E-state index contributed by atoms with van der Waals surface area (Å²) in [6, 6.07) is 25.0. The lowest BCUT2D eigenvalue weighted by Crippen LogP contribution is -2.15. The van der Waals surface area contributed by atoms with E-state index in [4.69, 9.17) is 0 Å². The molecule has 0 spiro atoms. The first-order valence-electron chi connectivity index (χ1n) is 15.2. The van der Waals surface area contributed by atoms with Gasteiger partial charge in [-0.25, -0.2) is 0 Å². The Morgan fingerprint density at radius 1 is 0.341 bits per heavy atom. The molecule has 0 unspecified atom stereocenters. The van der Waals surface area contributed by atoms with Gasteiger partial charge in [-0.15, -0.1) is 0 Å². The molecule has 5 aromatic carbocycles. The largest absolute Gasteiger partial charge is 0.309 e. The highest BCUT2D eigenvalue weighted by molar-refractivity contribution is 6.05. The molecule has 7 rings (SSSR count). The van der Waals surface area contributed by atoms with E-state index in [1.807, 2.05) is 38.1 Å². The molecule has 0 saturated carbocycles. The summed E-state index contributed by atoms with van der Waals surface area (Å²) in [4.78, 5) is 28.8. The summed E-state index contributed by atoms with van der Waals surface area (Å²) in [5, 5.41) is 2.53. The van der Waals surface area contributed by atoms with E-state index in [2.05, 4.69) is 99.2 Å². The van der Waals surface area contributed by atoms with Crippen LogP contribution in [0.3, 0.4) is 0 Å². The zero-order chi connectivity index (χ0) is 31.2. The highest BCUT2D eigenvalue weighted by Gasteiger charge is 2.20. The molecule has 0 aliphatic heterocycles. The fourth-order valence-corrected chi connectivity index (χ4v) is 6.91. The topological polar surface area (TPSA) is 44.0 Å². The monoisotopic (exact) mass is 576 g/mol. The molecule has 44 heavy (non-hydrogen) atoms. The lowest BCUT2D eigenvalue weighted by Gasteiger charge is -2.21. The third-order valence-corrected chi connectivity index (χ3v) is 9.21. The summed E-state index contributed by atoms with van der Waals surface area (Å²) in [6.45, 7) is 16.6. The Balaban J connectivity index is 1.78. The molecule has 0 amide bonds. The van der Waals surface area contributed by atoms with Gasteiger partial charge in [0, 0.05) is 32.9 Å². The van der Waals surface area contributed by atoms with Crippen molar-refractivity contribution in [3.63, 3.8) is 0 Å². The average Bonchev–Trinajstić information content (AvgIpc) is 2.94. The van der Waals surface area contributed by atoms with Crippen molar-refractivity contribution in [3.05, 3.63) is 138 Å². The van der Waals surface area contributed by atoms with Crippen LogP contribution in [-0.4, -0.2) is 9.13 Å². The fourth-order valence-electron chi connectivity index (χ4n) is 6.91. The van der Waals surface area contributed by atoms with Crippen molar-refractivity contribution in [2.45, 2.75) is 55.4 Å². The number of pyridine rings is 2. The Kier molecular flexibility index (Phi) is 6.19. The van der Waals surface area contributed by atoms with Gasteiger partial charge in [0.1, 0.15) is 0 Å². The van der Waals surface area contributed by atoms with E-state index < -0.39 is 0 Å². The van der Waals surface area contributed by atoms with Crippen molar-refractivity contribution in [2.24, 2.45) is 0 Å². The van der Waals surface area contributed by atoms with Crippen molar-refractivity contribution in [1.29, 1.82) is 0 Å². The van der Waals surface area contributed by atoms with Crippen molar-refractivity contribution in [2.75, 3.05) is 0 Å². The van der Waals surface area contributed by atoms with Crippen LogP contribution < -0.4 is 10.9 Å². The van der Waals surface area contributed by atoms with Gasteiger partial charge >= 0.3 is 0 Å². The van der Waals surface area contributed by atoms with E-state index in [0.29, 0.717) is 21.5 Å². The quantitative estimate of drug-likeness (QED) is 0.193. The molecule has 2 aromatic heterocycles. The molecule has 218 valence electrons. The Labute approximate surface area is 256 Å². The molecule has 4 heteroatoms. The zero-order valence-electron chi connectivity index (χ0n) is 26.6. The molecular formula is C40H36N2O2. The molecule has 2 heterocycles. The van der Waals surface area contributed by atoms with Crippen molar-refractivity contribution < 1.29 is 0 Å². The van der Waals surface area contributed by atoms with Crippen molar-refractivity contribution in [3.8, 4) is 11.4 Å². The minimum Gasteiger partial charge on any atom is -0.309 e.